The molecule has 1 nitrogen and oxygen atoms in total. The van der Waals surface area contributed by atoms with Crippen LogP contribution in [0.2, 0.25) is 0 Å². The molecule has 3 heteroatoms. The maximum atomic E-state index is 5.86. The molecular formula is C32H38BrOP. The van der Waals surface area contributed by atoms with Gasteiger partial charge in [-0.1, -0.05) is 6.07 Å². The fourth-order valence-corrected chi connectivity index (χ4v) is 9.92. The zero-order valence-electron chi connectivity index (χ0n) is 20.5. The molecule has 0 aliphatic rings. The van der Waals surface area contributed by atoms with E-state index in [4.69, 9.17) is 4.74 Å². The van der Waals surface area contributed by atoms with Crippen molar-refractivity contribution in [2.75, 3.05) is 12.8 Å². The van der Waals surface area contributed by atoms with Crippen molar-refractivity contribution in [3.63, 3.8) is 0 Å². The summed E-state index contributed by atoms with van der Waals surface area (Å²) < 4.78 is 5.86. The van der Waals surface area contributed by atoms with Crippen molar-refractivity contribution in [2.24, 2.45) is 0 Å². The van der Waals surface area contributed by atoms with E-state index in [2.05, 4.69) is 121 Å². The number of benzene rings is 4. The molecule has 0 N–H and O–H groups in total. The van der Waals surface area contributed by atoms with E-state index in [0.717, 1.165) is 19.6 Å². The standard InChI is InChI=1S/C32H37OP.BrH/c1(2-16-26-33-28-29-18-8-4-9-19-29)3-17-27-34(30-20-10-5-11-21-30,31-22-12-6-13-23-31)32-24-14-7-15-25-32;/h4-15,18-25,34H,1-3,16-17,26-28H2;1H. The topological polar surface area (TPSA) is 9.23 Å². The van der Waals surface area contributed by atoms with Gasteiger partial charge in [-0.2, -0.15) is 0 Å². The van der Waals surface area contributed by atoms with Crippen LogP contribution in [0.4, 0.5) is 0 Å². The first-order valence-corrected chi connectivity index (χ1v) is 14.9. The molecule has 0 fully saturated rings. The Morgan fingerprint density at radius 2 is 0.857 bits per heavy atom. The summed E-state index contributed by atoms with van der Waals surface area (Å²) in [5.41, 5.74) is 1.26. The summed E-state index contributed by atoms with van der Waals surface area (Å²) in [6.07, 6.45) is 7.44. The Morgan fingerprint density at radius 1 is 0.457 bits per heavy atom. The van der Waals surface area contributed by atoms with E-state index in [1.54, 1.807) is 0 Å². The van der Waals surface area contributed by atoms with Crippen molar-refractivity contribution in [2.45, 2.75) is 38.7 Å². The Bertz CT molecular complexity index is 975. The Hall–Kier alpha value is -2.25. The fourth-order valence-electron chi connectivity index (χ4n) is 4.99. The Morgan fingerprint density at radius 3 is 1.34 bits per heavy atom. The van der Waals surface area contributed by atoms with E-state index in [0.29, 0.717) is 0 Å². The number of unbranched alkanes of at least 4 members (excludes halogenated alkanes) is 4. The Labute approximate surface area is 222 Å². The SMILES string of the molecule is Br.c1ccc(COCCCCCCC[PH](c2ccccc2)(c2ccccc2)c2ccccc2)cc1. The van der Waals surface area contributed by atoms with Crippen LogP contribution in [0, 0.1) is 0 Å². The summed E-state index contributed by atoms with van der Waals surface area (Å²) >= 11 is 0. The summed E-state index contributed by atoms with van der Waals surface area (Å²) in [6.45, 7) is 1.58. The second-order valence-electron chi connectivity index (χ2n) is 9.06. The molecule has 0 bridgehead atoms. The minimum atomic E-state index is -2.07. The predicted molar refractivity (Wildman–Crippen MR) is 161 cm³/mol. The van der Waals surface area contributed by atoms with Crippen LogP contribution in [0.3, 0.4) is 0 Å². The molecule has 35 heavy (non-hydrogen) atoms. The average Bonchev–Trinajstić information content (AvgIpc) is 2.92. The first-order chi connectivity index (χ1) is 16.9. The molecule has 184 valence electrons. The van der Waals surface area contributed by atoms with Crippen LogP contribution in [0.1, 0.15) is 37.7 Å². The van der Waals surface area contributed by atoms with Crippen LogP contribution >= 0.6 is 24.2 Å². The molecule has 0 amide bonds. The third-order valence-electron chi connectivity index (χ3n) is 6.75. The van der Waals surface area contributed by atoms with Crippen LogP contribution < -0.4 is 15.9 Å². The molecule has 0 aliphatic heterocycles. The molecule has 0 heterocycles. The number of hydrogen-bond acceptors (Lipinski definition) is 1. The van der Waals surface area contributed by atoms with Crippen LogP contribution in [-0.2, 0) is 11.3 Å². The van der Waals surface area contributed by atoms with Crippen LogP contribution in [0.25, 0.3) is 0 Å². The van der Waals surface area contributed by atoms with E-state index >= 15 is 0 Å². The molecule has 0 saturated heterocycles. The van der Waals surface area contributed by atoms with E-state index in [-0.39, 0.29) is 17.0 Å². The third-order valence-corrected chi connectivity index (χ3v) is 11.8. The fraction of sp³-hybridized carbons (Fsp3) is 0.250. The minimum absolute atomic E-state index is 0. The molecule has 0 aliphatic carbocycles. The number of ether oxygens (including phenoxy) is 1. The van der Waals surface area contributed by atoms with Crippen molar-refractivity contribution in [3.8, 4) is 0 Å². The molecule has 0 unspecified atom stereocenters. The predicted octanol–water partition coefficient (Wildman–Crippen LogP) is 7.46. The number of hydrogen-bond donors (Lipinski definition) is 0. The van der Waals surface area contributed by atoms with Gasteiger partial charge in [-0.25, -0.2) is 0 Å². The average molecular weight is 550 g/mol. The van der Waals surface area contributed by atoms with Gasteiger partial charge in [0.05, 0.1) is 0 Å². The summed E-state index contributed by atoms with van der Waals surface area (Å²) in [5, 5.41) is 4.55. The number of halogens is 1. The summed E-state index contributed by atoms with van der Waals surface area (Å²) in [6, 6.07) is 44.2. The molecule has 4 rings (SSSR count). The van der Waals surface area contributed by atoms with Crippen molar-refractivity contribution in [3.05, 3.63) is 127 Å². The quantitative estimate of drug-likeness (QED) is 0.124. The van der Waals surface area contributed by atoms with Gasteiger partial charge in [0.15, 0.2) is 0 Å². The van der Waals surface area contributed by atoms with Crippen molar-refractivity contribution < 1.29 is 4.74 Å². The van der Waals surface area contributed by atoms with Crippen molar-refractivity contribution >= 4 is 40.2 Å². The first kappa shape index (κ1) is 27.3. The van der Waals surface area contributed by atoms with Crippen molar-refractivity contribution in [1.82, 2.24) is 0 Å². The van der Waals surface area contributed by atoms with Gasteiger partial charge < -0.3 is 0 Å². The van der Waals surface area contributed by atoms with Gasteiger partial charge in [0, 0.05) is 0 Å². The molecule has 4 aromatic rings. The van der Waals surface area contributed by atoms with Gasteiger partial charge in [-0.05, 0) is 0 Å². The monoisotopic (exact) mass is 548 g/mol. The van der Waals surface area contributed by atoms with Crippen LogP contribution in [0.15, 0.2) is 121 Å². The summed E-state index contributed by atoms with van der Waals surface area (Å²) in [5.74, 6) is 0. The van der Waals surface area contributed by atoms with Gasteiger partial charge in [0.2, 0.25) is 0 Å². The Kier molecular flexibility index (Phi) is 11.7. The Balaban J connectivity index is 0.00000342. The van der Waals surface area contributed by atoms with Gasteiger partial charge >= 0.3 is 200 Å². The molecule has 0 radical (unpaired) electrons. The van der Waals surface area contributed by atoms with E-state index in [1.807, 2.05) is 0 Å². The second kappa shape index (κ2) is 15.0. The second-order valence-corrected chi connectivity index (χ2v) is 13.1. The van der Waals surface area contributed by atoms with E-state index < -0.39 is 7.26 Å². The zero-order valence-corrected chi connectivity index (χ0v) is 23.2. The molecule has 0 aromatic heterocycles. The van der Waals surface area contributed by atoms with E-state index in [1.165, 1.54) is 53.3 Å². The zero-order chi connectivity index (χ0) is 23.3. The van der Waals surface area contributed by atoms with Crippen LogP contribution in [0.5, 0.6) is 0 Å². The van der Waals surface area contributed by atoms with Gasteiger partial charge in [-0.3, -0.25) is 0 Å². The number of rotatable bonds is 13. The van der Waals surface area contributed by atoms with Crippen molar-refractivity contribution in [1.29, 1.82) is 0 Å². The summed E-state index contributed by atoms with van der Waals surface area (Å²) in [4.78, 5) is 0. The summed E-state index contributed by atoms with van der Waals surface area (Å²) in [7, 11) is -2.07. The first-order valence-electron chi connectivity index (χ1n) is 12.7. The third kappa shape index (κ3) is 7.61. The maximum absolute atomic E-state index is 5.86. The molecular weight excluding hydrogens is 511 g/mol. The van der Waals surface area contributed by atoms with Gasteiger partial charge in [0.25, 0.3) is 0 Å². The van der Waals surface area contributed by atoms with Crippen LogP contribution in [-0.4, -0.2) is 12.8 Å². The van der Waals surface area contributed by atoms with Gasteiger partial charge in [-0.15, -0.1) is 17.0 Å². The molecule has 0 saturated carbocycles. The molecule has 0 spiro atoms. The molecule has 4 aromatic carbocycles. The normalized spacial score (nSPS) is 11.5. The van der Waals surface area contributed by atoms with Gasteiger partial charge in [0.1, 0.15) is 0 Å². The molecule has 0 atom stereocenters. The van der Waals surface area contributed by atoms with E-state index in [9.17, 15) is 0 Å².